The molecule has 0 saturated heterocycles. The Kier molecular flexibility index (Phi) is 5.88. The van der Waals surface area contributed by atoms with Crippen LogP contribution in [0.4, 0.5) is 0 Å². The third kappa shape index (κ3) is 3.21. The smallest absolute Gasteiger partial charge is 0.259 e. The highest BCUT2D eigenvalue weighted by Crippen LogP contribution is 2.61. The number of phenolic OH excluding ortho intramolecular Hbond substituents is 2. The molecule has 13 heteroatoms. The van der Waals surface area contributed by atoms with Gasteiger partial charge in [0.15, 0.2) is 35.7 Å². The summed E-state index contributed by atoms with van der Waals surface area (Å²) in [5.74, 6) is -1.45. The van der Waals surface area contributed by atoms with E-state index in [2.05, 4.69) is 0 Å². The molecule has 4 atom stereocenters. The zero-order valence-corrected chi connectivity index (χ0v) is 23.4. The number of aliphatic hydroxyl groups excluding tert-OH is 1. The van der Waals surface area contributed by atoms with Crippen molar-refractivity contribution in [2.75, 3.05) is 35.2 Å². The molecule has 2 aliphatic heterocycles. The Morgan fingerprint density at radius 1 is 1.00 bits per heavy atom. The predicted molar refractivity (Wildman–Crippen MR) is 147 cm³/mol. The highest BCUT2D eigenvalue weighted by molar-refractivity contribution is 6.33. The largest absolute Gasteiger partial charge is 0.506 e. The molecule has 3 heterocycles. The van der Waals surface area contributed by atoms with Crippen molar-refractivity contribution < 1.29 is 48.2 Å². The van der Waals surface area contributed by atoms with E-state index in [9.17, 15) is 24.9 Å². The molecular formula is C29H24ClNO11. The number of aromatic hydroxyl groups is 2. The maximum absolute atomic E-state index is 13.9. The standard InChI is InChI=1S/C29H24ClNO11/c1-31-28(36)14-10(19(33)29(31)39-4)7-11-13(20(14)34)15-16-25(22(11)37-2)40-8-41-26(16)27-17(21(15)35)18(32)9-5-6-12(30)24(38-3)23(9)42-27/h5-7,19,22,25,29,33-35H,8H2,1-4H3/t19-,22+,25?,29-/m1/s1. The number of fused-ring (bicyclic) bond motifs is 6. The van der Waals surface area contributed by atoms with Gasteiger partial charge in [0.05, 0.1) is 23.1 Å². The van der Waals surface area contributed by atoms with Gasteiger partial charge in [0.25, 0.3) is 5.91 Å². The lowest BCUT2D eigenvalue weighted by Crippen LogP contribution is -2.47. The number of hydrogen-bond donors (Lipinski definition) is 3. The van der Waals surface area contributed by atoms with Crippen molar-refractivity contribution in [2.24, 2.45) is 0 Å². The lowest BCUT2D eigenvalue weighted by Gasteiger charge is -2.41. The summed E-state index contributed by atoms with van der Waals surface area (Å²) in [6.45, 7) is -0.255. The first-order valence-electron chi connectivity index (χ1n) is 12.8. The van der Waals surface area contributed by atoms with Crippen LogP contribution in [0.2, 0.25) is 5.02 Å². The first-order valence-corrected chi connectivity index (χ1v) is 13.2. The summed E-state index contributed by atoms with van der Waals surface area (Å²) in [7, 11) is 5.61. The molecule has 0 bridgehead atoms. The van der Waals surface area contributed by atoms with Crippen LogP contribution in [0, 0.1) is 0 Å². The lowest BCUT2D eigenvalue weighted by molar-refractivity contribution is -0.121. The molecule has 1 aromatic heterocycles. The minimum Gasteiger partial charge on any atom is -0.506 e. The third-order valence-corrected chi connectivity index (χ3v) is 8.59. The fourth-order valence-corrected chi connectivity index (χ4v) is 6.66. The number of amides is 1. The zero-order chi connectivity index (χ0) is 29.8. The van der Waals surface area contributed by atoms with Crippen molar-refractivity contribution >= 4 is 39.4 Å². The van der Waals surface area contributed by atoms with Crippen LogP contribution < -0.4 is 14.9 Å². The minimum atomic E-state index is -1.31. The van der Waals surface area contributed by atoms with E-state index in [1.165, 1.54) is 51.5 Å². The van der Waals surface area contributed by atoms with E-state index in [4.69, 9.17) is 39.7 Å². The number of benzene rings is 3. The van der Waals surface area contributed by atoms with E-state index in [-0.39, 0.29) is 73.1 Å². The highest BCUT2D eigenvalue weighted by Gasteiger charge is 2.48. The molecule has 0 fully saturated rings. The molecule has 7 rings (SSSR count). The maximum Gasteiger partial charge on any atom is 0.259 e. The topological polar surface area (TPSA) is 157 Å². The summed E-state index contributed by atoms with van der Waals surface area (Å²) in [6.07, 6.45) is -4.10. The van der Waals surface area contributed by atoms with E-state index in [1.54, 1.807) is 0 Å². The van der Waals surface area contributed by atoms with Crippen molar-refractivity contribution in [1.82, 2.24) is 4.90 Å². The van der Waals surface area contributed by atoms with Gasteiger partial charge in [-0.3, -0.25) is 9.59 Å². The molecular weight excluding hydrogens is 574 g/mol. The molecule has 0 saturated carbocycles. The van der Waals surface area contributed by atoms with Crippen LogP contribution >= 0.6 is 11.6 Å². The quantitative estimate of drug-likeness (QED) is 0.294. The van der Waals surface area contributed by atoms with E-state index in [1.807, 2.05) is 0 Å². The van der Waals surface area contributed by atoms with Crippen LogP contribution in [0.25, 0.3) is 33.1 Å². The van der Waals surface area contributed by atoms with Crippen molar-refractivity contribution in [3.8, 4) is 34.1 Å². The van der Waals surface area contributed by atoms with E-state index < -0.39 is 47.4 Å². The van der Waals surface area contributed by atoms with Crippen LogP contribution in [0.3, 0.4) is 0 Å². The monoisotopic (exact) mass is 597 g/mol. The average molecular weight is 598 g/mol. The summed E-state index contributed by atoms with van der Waals surface area (Å²) >= 11 is 6.29. The number of likely N-dealkylation sites (N-methyl/N-ethyl adjacent to an activating group) is 1. The van der Waals surface area contributed by atoms with Crippen LogP contribution in [0.5, 0.6) is 23.0 Å². The predicted octanol–water partition coefficient (Wildman–Crippen LogP) is 3.89. The van der Waals surface area contributed by atoms with Gasteiger partial charge < -0.3 is 48.3 Å². The number of nitrogens with zero attached hydrogens (tertiary/aromatic N) is 1. The molecule has 0 spiro atoms. The molecule has 3 aromatic carbocycles. The zero-order valence-electron chi connectivity index (χ0n) is 22.7. The summed E-state index contributed by atoms with van der Waals surface area (Å²) in [6, 6.07) is 4.46. The van der Waals surface area contributed by atoms with Gasteiger partial charge in [-0.2, -0.15) is 0 Å². The second-order valence-corrected chi connectivity index (χ2v) is 10.6. The van der Waals surface area contributed by atoms with Crippen molar-refractivity contribution in [3.05, 3.63) is 55.7 Å². The Labute approximate surface area is 242 Å². The van der Waals surface area contributed by atoms with Crippen molar-refractivity contribution in [2.45, 2.75) is 24.5 Å². The van der Waals surface area contributed by atoms with Crippen molar-refractivity contribution in [3.63, 3.8) is 0 Å². The number of ether oxygens (including phenoxy) is 5. The van der Waals surface area contributed by atoms with E-state index in [0.717, 1.165) is 0 Å². The number of hydrogen-bond acceptors (Lipinski definition) is 11. The molecule has 0 radical (unpaired) electrons. The van der Waals surface area contributed by atoms with Gasteiger partial charge >= 0.3 is 0 Å². The van der Waals surface area contributed by atoms with Crippen molar-refractivity contribution in [1.29, 1.82) is 0 Å². The molecule has 1 amide bonds. The first-order chi connectivity index (χ1) is 20.2. The van der Waals surface area contributed by atoms with Crippen LogP contribution in [-0.2, 0) is 14.2 Å². The fraction of sp³-hybridized carbons (Fsp3) is 0.310. The summed E-state index contributed by atoms with van der Waals surface area (Å²) < 4.78 is 34.6. The summed E-state index contributed by atoms with van der Waals surface area (Å²) in [5.41, 5.74) is -0.0907. The Bertz CT molecular complexity index is 1920. The Hall–Kier alpha value is -4.07. The SMILES string of the molecule is COc1c(Cl)ccc2c(=O)c3c(O)c4c5c(c3oc12)OCOC5[C@@H](OC)c1cc2c(c(O)c1-4)C(=O)N(C)[C@H](OC)[C@@H]2O. The molecule has 4 aromatic rings. The highest BCUT2D eigenvalue weighted by atomic mass is 35.5. The number of phenols is 2. The van der Waals surface area contributed by atoms with Crippen LogP contribution in [0.1, 0.15) is 45.4 Å². The number of aliphatic hydroxyl groups is 1. The Morgan fingerprint density at radius 2 is 1.76 bits per heavy atom. The molecule has 1 unspecified atom stereocenters. The second-order valence-electron chi connectivity index (χ2n) is 10.2. The number of carbonyl (C=O) groups excluding carboxylic acids is 1. The minimum absolute atomic E-state index is 0.0113. The van der Waals surface area contributed by atoms with Gasteiger partial charge in [-0.05, 0) is 23.8 Å². The normalized spacial score (nSPS) is 22.5. The molecule has 12 nitrogen and oxygen atoms in total. The lowest BCUT2D eigenvalue weighted by atomic mass is 9.76. The number of rotatable bonds is 3. The third-order valence-electron chi connectivity index (χ3n) is 8.29. The average Bonchev–Trinajstić information content (AvgIpc) is 2.98. The van der Waals surface area contributed by atoms with E-state index in [0.29, 0.717) is 5.56 Å². The van der Waals surface area contributed by atoms with Gasteiger partial charge in [0.2, 0.25) is 5.43 Å². The van der Waals surface area contributed by atoms with Gasteiger partial charge in [-0.1, -0.05) is 11.6 Å². The first kappa shape index (κ1) is 26.8. The number of halogens is 1. The Morgan fingerprint density at radius 3 is 2.45 bits per heavy atom. The van der Waals surface area contributed by atoms with Gasteiger partial charge in [0.1, 0.15) is 35.2 Å². The molecule has 218 valence electrons. The number of methoxy groups -OCH3 is 3. The molecule has 3 N–H and O–H groups in total. The second kappa shape index (κ2) is 9.21. The molecule has 1 aliphatic carbocycles. The van der Waals surface area contributed by atoms with Crippen LogP contribution in [0.15, 0.2) is 27.4 Å². The maximum atomic E-state index is 13.9. The number of carbonyl (C=O) groups is 1. The molecule has 42 heavy (non-hydrogen) atoms. The summed E-state index contributed by atoms with van der Waals surface area (Å²) in [5, 5.41) is 34.7. The van der Waals surface area contributed by atoms with Crippen LogP contribution in [-0.4, -0.2) is 67.5 Å². The van der Waals surface area contributed by atoms with E-state index >= 15 is 0 Å². The molecule has 3 aliphatic rings. The Balaban J connectivity index is 1.65. The fourth-order valence-electron chi connectivity index (χ4n) is 6.43. The van der Waals surface area contributed by atoms with Gasteiger partial charge in [0, 0.05) is 43.5 Å². The van der Waals surface area contributed by atoms with Gasteiger partial charge in [-0.15, -0.1) is 0 Å². The van der Waals surface area contributed by atoms with Gasteiger partial charge in [-0.25, -0.2) is 0 Å². The summed E-state index contributed by atoms with van der Waals surface area (Å²) in [4.78, 5) is 28.5.